The number of likely N-dealkylation sites (tertiary alicyclic amines) is 1. The Morgan fingerprint density at radius 2 is 1.96 bits per heavy atom. The Bertz CT molecular complexity index is 724. The van der Waals surface area contributed by atoms with Gasteiger partial charge in [0.15, 0.2) is 0 Å². The molecule has 1 amide bonds. The number of nitrogens with zero attached hydrogens (tertiary/aromatic N) is 1. The third kappa shape index (κ3) is 3.45. The zero-order valence-corrected chi connectivity index (χ0v) is 14.5. The van der Waals surface area contributed by atoms with Crippen LogP contribution in [-0.4, -0.2) is 39.9 Å². The average molecular weight is 328 g/mol. The summed E-state index contributed by atoms with van der Waals surface area (Å²) in [6.07, 6.45) is 2.11. The molecule has 1 aromatic heterocycles. The third-order valence-corrected chi connectivity index (χ3v) is 4.23. The summed E-state index contributed by atoms with van der Waals surface area (Å²) in [5.74, 6) is -0.0447. The molecule has 0 radical (unpaired) electrons. The Balaban J connectivity index is 1.84. The number of ketones is 1. The van der Waals surface area contributed by atoms with Crippen molar-refractivity contribution in [3.8, 4) is 0 Å². The number of Topliss-reactive ketones (excluding diaryl/α,β-unsaturated/α-hetero) is 1. The second kappa shape index (κ2) is 6.30. The van der Waals surface area contributed by atoms with Gasteiger partial charge in [-0.15, -0.1) is 0 Å². The van der Waals surface area contributed by atoms with E-state index in [0.29, 0.717) is 18.7 Å². The Hall–Kier alpha value is -2.30. The lowest BCUT2D eigenvalue weighted by molar-refractivity contribution is 0.0104. The molecule has 1 aliphatic heterocycles. The fraction of sp³-hybridized carbons (Fsp3) is 0.474. The highest BCUT2D eigenvalue weighted by molar-refractivity contribution is 6.03. The fourth-order valence-electron chi connectivity index (χ4n) is 3.13. The number of ether oxygens (including phenoxy) is 1. The molecular formula is C19H24N2O3. The Morgan fingerprint density at radius 1 is 1.21 bits per heavy atom. The molecule has 0 aliphatic carbocycles. The summed E-state index contributed by atoms with van der Waals surface area (Å²) in [5, 5.41) is 1.00. The van der Waals surface area contributed by atoms with Crippen molar-refractivity contribution in [3.05, 3.63) is 36.0 Å². The van der Waals surface area contributed by atoms with Crippen molar-refractivity contribution in [2.24, 2.45) is 0 Å². The predicted molar refractivity (Wildman–Crippen MR) is 93.2 cm³/mol. The molecule has 2 heterocycles. The number of aromatic amines is 1. The van der Waals surface area contributed by atoms with E-state index in [1.165, 1.54) is 0 Å². The molecule has 5 nitrogen and oxygen atoms in total. The Labute approximate surface area is 142 Å². The normalized spacial score (nSPS) is 18.6. The molecular weight excluding hydrogens is 304 g/mol. The van der Waals surface area contributed by atoms with Gasteiger partial charge in [0, 0.05) is 17.4 Å². The first-order valence-electron chi connectivity index (χ1n) is 8.47. The van der Waals surface area contributed by atoms with Gasteiger partial charge in [-0.05, 0) is 52.2 Å². The van der Waals surface area contributed by atoms with Gasteiger partial charge in [0.2, 0.25) is 5.78 Å². The minimum atomic E-state index is -0.566. The summed E-state index contributed by atoms with van der Waals surface area (Å²) in [7, 11) is 0. The van der Waals surface area contributed by atoms with E-state index in [4.69, 9.17) is 4.74 Å². The van der Waals surface area contributed by atoms with Crippen molar-refractivity contribution in [2.75, 3.05) is 6.54 Å². The van der Waals surface area contributed by atoms with Gasteiger partial charge in [-0.2, -0.15) is 0 Å². The van der Waals surface area contributed by atoms with Crippen LogP contribution in [0.15, 0.2) is 30.3 Å². The monoisotopic (exact) mass is 328 g/mol. The summed E-state index contributed by atoms with van der Waals surface area (Å²) in [6.45, 7) is 6.07. The van der Waals surface area contributed by atoms with E-state index in [0.717, 1.165) is 23.7 Å². The van der Waals surface area contributed by atoms with Gasteiger partial charge in [-0.1, -0.05) is 18.2 Å². The first-order chi connectivity index (χ1) is 11.3. The lowest BCUT2D eigenvalue weighted by atomic mass is 9.97. The smallest absolute Gasteiger partial charge is 0.410 e. The molecule has 2 aromatic rings. The number of piperidine rings is 1. The van der Waals surface area contributed by atoms with Crippen LogP contribution in [0.1, 0.15) is 50.5 Å². The second-order valence-corrected chi connectivity index (χ2v) is 7.32. The van der Waals surface area contributed by atoms with Gasteiger partial charge in [-0.25, -0.2) is 4.79 Å². The summed E-state index contributed by atoms with van der Waals surface area (Å²) in [6, 6.07) is 9.19. The van der Waals surface area contributed by atoms with Crippen LogP contribution in [0.4, 0.5) is 4.79 Å². The minimum absolute atomic E-state index is 0.0447. The molecule has 5 heteroatoms. The van der Waals surface area contributed by atoms with Crippen LogP contribution in [0.25, 0.3) is 10.9 Å². The number of fused-ring (bicyclic) bond motifs is 1. The Morgan fingerprint density at radius 3 is 2.67 bits per heavy atom. The van der Waals surface area contributed by atoms with Crippen LogP contribution in [0.2, 0.25) is 0 Å². The lowest BCUT2D eigenvalue weighted by Gasteiger charge is -2.35. The third-order valence-electron chi connectivity index (χ3n) is 4.23. The summed E-state index contributed by atoms with van der Waals surface area (Å²) in [4.78, 5) is 30.2. The highest BCUT2D eigenvalue weighted by Crippen LogP contribution is 2.24. The van der Waals surface area contributed by atoms with E-state index in [1.54, 1.807) is 4.90 Å². The second-order valence-electron chi connectivity index (χ2n) is 7.32. The van der Waals surface area contributed by atoms with Crippen molar-refractivity contribution in [1.82, 2.24) is 9.88 Å². The number of hydrogen-bond acceptors (Lipinski definition) is 3. The van der Waals surface area contributed by atoms with Crippen molar-refractivity contribution in [2.45, 2.75) is 51.7 Å². The van der Waals surface area contributed by atoms with Crippen LogP contribution >= 0.6 is 0 Å². The summed E-state index contributed by atoms with van der Waals surface area (Å²) >= 11 is 0. The maximum Gasteiger partial charge on any atom is 0.410 e. The van der Waals surface area contributed by atoms with E-state index < -0.39 is 17.7 Å². The molecule has 1 aliphatic rings. The SMILES string of the molecule is CC(C)(C)OC(=O)N1CCCC[C@@H]1C(=O)c1cc2ccccc2[nH]1. The van der Waals surface area contributed by atoms with Crippen LogP contribution in [-0.2, 0) is 4.74 Å². The first-order valence-corrected chi connectivity index (χ1v) is 8.47. The summed E-state index contributed by atoms with van der Waals surface area (Å²) < 4.78 is 5.48. The molecule has 0 spiro atoms. The quantitative estimate of drug-likeness (QED) is 0.843. The molecule has 1 atom stereocenters. The van der Waals surface area contributed by atoms with Gasteiger partial charge >= 0.3 is 6.09 Å². The average Bonchev–Trinajstić information content (AvgIpc) is 2.96. The minimum Gasteiger partial charge on any atom is -0.444 e. The number of amides is 1. The van der Waals surface area contributed by atoms with E-state index >= 15 is 0 Å². The number of aromatic nitrogens is 1. The maximum atomic E-state index is 13.0. The number of carbonyl (C=O) groups is 2. The number of hydrogen-bond donors (Lipinski definition) is 1. The molecule has 0 saturated carbocycles. The van der Waals surface area contributed by atoms with E-state index in [-0.39, 0.29) is 5.78 Å². The molecule has 24 heavy (non-hydrogen) atoms. The molecule has 3 rings (SSSR count). The highest BCUT2D eigenvalue weighted by Gasteiger charge is 2.35. The Kier molecular flexibility index (Phi) is 4.35. The number of nitrogens with one attached hydrogen (secondary N) is 1. The molecule has 1 saturated heterocycles. The van der Waals surface area contributed by atoms with Crippen molar-refractivity contribution >= 4 is 22.8 Å². The molecule has 1 fully saturated rings. The molecule has 128 valence electrons. The molecule has 0 bridgehead atoms. The van der Waals surface area contributed by atoms with E-state index in [9.17, 15) is 9.59 Å². The van der Waals surface area contributed by atoms with Gasteiger partial charge in [0.25, 0.3) is 0 Å². The fourth-order valence-corrected chi connectivity index (χ4v) is 3.13. The highest BCUT2D eigenvalue weighted by atomic mass is 16.6. The lowest BCUT2D eigenvalue weighted by Crippen LogP contribution is -2.49. The van der Waals surface area contributed by atoms with Crippen LogP contribution in [0.3, 0.4) is 0 Å². The number of H-pyrrole nitrogens is 1. The topological polar surface area (TPSA) is 62.4 Å². The van der Waals surface area contributed by atoms with Crippen molar-refractivity contribution in [1.29, 1.82) is 0 Å². The van der Waals surface area contributed by atoms with Crippen LogP contribution in [0, 0.1) is 0 Å². The standard InChI is InChI=1S/C19H24N2O3/c1-19(2,3)24-18(23)21-11-7-6-10-16(21)17(22)15-12-13-8-4-5-9-14(13)20-15/h4-5,8-9,12,16,20H,6-7,10-11H2,1-3H3/t16-/m1/s1. The van der Waals surface area contributed by atoms with Gasteiger partial charge in [-0.3, -0.25) is 9.69 Å². The first kappa shape index (κ1) is 16.6. The zero-order valence-electron chi connectivity index (χ0n) is 14.5. The molecule has 1 N–H and O–H groups in total. The van der Waals surface area contributed by atoms with Gasteiger partial charge < -0.3 is 9.72 Å². The largest absolute Gasteiger partial charge is 0.444 e. The molecule has 1 aromatic carbocycles. The maximum absolute atomic E-state index is 13.0. The van der Waals surface area contributed by atoms with E-state index in [1.807, 2.05) is 51.1 Å². The molecule has 0 unspecified atom stereocenters. The zero-order chi connectivity index (χ0) is 17.3. The van der Waals surface area contributed by atoms with Crippen LogP contribution in [0.5, 0.6) is 0 Å². The number of carbonyl (C=O) groups excluding carboxylic acids is 2. The number of rotatable bonds is 2. The number of para-hydroxylation sites is 1. The number of benzene rings is 1. The van der Waals surface area contributed by atoms with Gasteiger partial charge in [0.1, 0.15) is 5.60 Å². The van der Waals surface area contributed by atoms with E-state index in [2.05, 4.69) is 4.98 Å². The van der Waals surface area contributed by atoms with Crippen LogP contribution < -0.4 is 0 Å². The van der Waals surface area contributed by atoms with Crippen molar-refractivity contribution < 1.29 is 14.3 Å². The predicted octanol–water partition coefficient (Wildman–Crippen LogP) is 4.14. The summed E-state index contributed by atoms with van der Waals surface area (Å²) in [5.41, 5.74) is 0.917. The van der Waals surface area contributed by atoms with Crippen molar-refractivity contribution in [3.63, 3.8) is 0 Å². The van der Waals surface area contributed by atoms with Gasteiger partial charge in [0.05, 0.1) is 11.7 Å².